The number of ketones is 1. The quantitative estimate of drug-likeness (QED) is 0.319. The summed E-state index contributed by atoms with van der Waals surface area (Å²) in [6, 6.07) is 9.10. The van der Waals surface area contributed by atoms with E-state index in [0.29, 0.717) is 0 Å². The van der Waals surface area contributed by atoms with E-state index < -0.39 is 17.9 Å². The molecule has 0 heterocycles. The maximum atomic E-state index is 12.0. The van der Waals surface area contributed by atoms with Gasteiger partial charge in [-0.15, -0.1) is 0 Å². The van der Waals surface area contributed by atoms with Crippen LogP contribution in [0.4, 0.5) is 0 Å². The van der Waals surface area contributed by atoms with Crippen LogP contribution in [0.2, 0.25) is 0 Å². The number of benzene rings is 1. The molecule has 5 heteroatoms. The molecule has 0 N–H and O–H groups in total. The predicted octanol–water partition coefficient (Wildman–Crippen LogP) is 2.57. The number of methoxy groups -OCH3 is 1. The Bertz CT molecular complexity index is 601. The number of hydrogen-bond donors (Lipinski definition) is 0. The molecule has 23 heavy (non-hydrogen) atoms. The Hall–Kier alpha value is -2.69. The first-order chi connectivity index (χ1) is 11.0. The van der Waals surface area contributed by atoms with E-state index >= 15 is 0 Å². The second kappa shape index (κ2) is 9.35. The molecule has 0 aliphatic heterocycles. The number of rotatable bonds is 8. The van der Waals surface area contributed by atoms with Gasteiger partial charge in [0.1, 0.15) is 18.3 Å². The third-order valence-corrected chi connectivity index (χ3v) is 3.13. The normalized spacial score (nSPS) is 12.2. The van der Waals surface area contributed by atoms with E-state index in [1.54, 1.807) is 6.08 Å². The van der Waals surface area contributed by atoms with Crippen LogP contribution in [-0.2, 0) is 23.9 Å². The summed E-state index contributed by atoms with van der Waals surface area (Å²) in [6.07, 6.45) is 2.94. The molecule has 0 radical (unpaired) electrons. The van der Waals surface area contributed by atoms with Crippen molar-refractivity contribution in [3.63, 3.8) is 0 Å². The van der Waals surface area contributed by atoms with E-state index in [0.717, 1.165) is 5.56 Å². The molecule has 0 amide bonds. The second-order valence-electron chi connectivity index (χ2n) is 4.86. The molecular weight excluding hydrogens is 296 g/mol. The minimum atomic E-state index is -1.05. The lowest BCUT2D eigenvalue weighted by Crippen LogP contribution is -2.26. The van der Waals surface area contributed by atoms with E-state index in [9.17, 15) is 14.4 Å². The fraction of sp³-hybridized carbons (Fsp3) is 0.278. The Morgan fingerprint density at radius 1 is 1.22 bits per heavy atom. The summed E-state index contributed by atoms with van der Waals surface area (Å²) in [5.41, 5.74) is 1.00. The van der Waals surface area contributed by atoms with Crippen LogP contribution < -0.4 is 0 Å². The van der Waals surface area contributed by atoms with E-state index in [-0.39, 0.29) is 24.4 Å². The molecule has 0 aromatic heterocycles. The number of esters is 2. The van der Waals surface area contributed by atoms with Crippen LogP contribution in [0, 0.1) is 5.92 Å². The lowest BCUT2D eigenvalue weighted by Gasteiger charge is -2.14. The van der Waals surface area contributed by atoms with Crippen molar-refractivity contribution in [1.29, 1.82) is 0 Å². The fourth-order valence-electron chi connectivity index (χ4n) is 1.94. The van der Waals surface area contributed by atoms with Crippen LogP contribution in [0.15, 0.2) is 48.6 Å². The van der Waals surface area contributed by atoms with Crippen LogP contribution in [-0.4, -0.2) is 31.4 Å². The van der Waals surface area contributed by atoms with Crippen molar-refractivity contribution in [3.05, 3.63) is 54.1 Å². The van der Waals surface area contributed by atoms with E-state index in [1.165, 1.54) is 20.1 Å². The van der Waals surface area contributed by atoms with Crippen LogP contribution in [0.5, 0.6) is 0 Å². The van der Waals surface area contributed by atoms with Crippen molar-refractivity contribution in [2.75, 3.05) is 13.7 Å². The van der Waals surface area contributed by atoms with E-state index in [2.05, 4.69) is 6.58 Å². The zero-order valence-corrected chi connectivity index (χ0v) is 13.3. The van der Waals surface area contributed by atoms with Gasteiger partial charge in [-0.1, -0.05) is 43.0 Å². The molecule has 1 rings (SSSR count). The fourth-order valence-corrected chi connectivity index (χ4v) is 1.94. The first-order valence-corrected chi connectivity index (χ1v) is 7.11. The van der Waals surface area contributed by atoms with Gasteiger partial charge in [0, 0.05) is 5.57 Å². The molecule has 1 aromatic rings. The molecule has 0 bridgehead atoms. The number of ether oxygens (including phenoxy) is 2. The summed E-state index contributed by atoms with van der Waals surface area (Å²) < 4.78 is 9.66. The summed E-state index contributed by atoms with van der Waals surface area (Å²) in [5, 5.41) is 0. The van der Waals surface area contributed by atoms with Gasteiger partial charge < -0.3 is 9.47 Å². The molecule has 122 valence electrons. The van der Waals surface area contributed by atoms with Gasteiger partial charge in [0.15, 0.2) is 0 Å². The van der Waals surface area contributed by atoms with Crippen molar-refractivity contribution in [1.82, 2.24) is 0 Å². The highest BCUT2D eigenvalue weighted by Crippen LogP contribution is 2.19. The lowest BCUT2D eigenvalue weighted by atomic mass is 9.94. The van der Waals surface area contributed by atoms with Crippen molar-refractivity contribution >= 4 is 23.8 Å². The number of Topliss-reactive ketones (excluding diaryl/α,β-unsaturated/α-hetero) is 1. The van der Waals surface area contributed by atoms with Gasteiger partial charge in [0.2, 0.25) is 0 Å². The van der Waals surface area contributed by atoms with E-state index in [1.807, 2.05) is 30.3 Å². The molecular formula is C18H20O5. The van der Waals surface area contributed by atoms with Gasteiger partial charge in [-0.2, -0.15) is 0 Å². The topological polar surface area (TPSA) is 69.7 Å². The summed E-state index contributed by atoms with van der Waals surface area (Å²) in [6.45, 7) is 4.75. The SMILES string of the molecule is C=CCOC(=O)C(C/C(=C\c1ccccc1)C(=O)OC)C(C)=O. The molecule has 0 saturated heterocycles. The first kappa shape index (κ1) is 18.4. The van der Waals surface area contributed by atoms with Gasteiger partial charge in [-0.3, -0.25) is 9.59 Å². The number of carbonyl (C=O) groups is 3. The summed E-state index contributed by atoms with van der Waals surface area (Å²) >= 11 is 0. The third-order valence-electron chi connectivity index (χ3n) is 3.13. The average Bonchev–Trinajstić information content (AvgIpc) is 2.56. The van der Waals surface area contributed by atoms with Crippen molar-refractivity contribution in [3.8, 4) is 0 Å². The summed E-state index contributed by atoms with van der Waals surface area (Å²) in [5.74, 6) is -2.69. The van der Waals surface area contributed by atoms with Gasteiger partial charge >= 0.3 is 11.9 Å². The van der Waals surface area contributed by atoms with Gasteiger partial charge in [-0.05, 0) is 25.0 Å². The molecule has 0 saturated carbocycles. The zero-order chi connectivity index (χ0) is 17.2. The standard InChI is InChI=1S/C18H20O5/c1-4-10-23-18(21)16(13(2)19)12-15(17(20)22-3)11-14-8-6-5-7-9-14/h4-9,11,16H,1,10,12H2,2-3H3/b15-11+. The Kier molecular flexibility index (Phi) is 7.47. The third kappa shape index (κ3) is 5.90. The molecule has 1 aromatic carbocycles. The second-order valence-corrected chi connectivity index (χ2v) is 4.86. The smallest absolute Gasteiger partial charge is 0.333 e. The minimum Gasteiger partial charge on any atom is -0.466 e. The van der Waals surface area contributed by atoms with Gasteiger partial charge in [0.25, 0.3) is 0 Å². The van der Waals surface area contributed by atoms with Gasteiger partial charge in [-0.25, -0.2) is 4.79 Å². The van der Waals surface area contributed by atoms with Crippen molar-refractivity contribution in [2.24, 2.45) is 5.92 Å². The molecule has 0 spiro atoms. The molecule has 0 fully saturated rings. The Labute approximate surface area is 135 Å². The summed E-state index contributed by atoms with van der Waals surface area (Å²) in [4.78, 5) is 35.7. The van der Waals surface area contributed by atoms with Crippen LogP contribution in [0.3, 0.4) is 0 Å². The Morgan fingerprint density at radius 2 is 1.87 bits per heavy atom. The monoisotopic (exact) mass is 316 g/mol. The summed E-state index contributed by atoms with van der Waals surface area (Å²) in [7, 11) is 1.25. The highest BCUT2D eigenvalue weighted by Gasteiger charge is 2.28. The predicted molar refractivity (Wildman–Crippen MR) is 86.4 cm³/mol. The van der Waals surface area contributed by atoms with E-state index in [4.69, 9.17) is 9.47 Å². The molecule has 5 nitrogen and oxygen atoms in total. The molecule has 1 unspecified atom stereocenters. The molecule has 0 aliphatic carbocycles. The molecule has 0 aliphatic rings. The zero-order valence-electron chi connectivity index (χ0n) is 13.3. The highest BCUT2D eigenvalue weighted by molar-refractivity contribution is 6.01. The minimum absolute atomic E-state index is 0.0125. The lowest BCUT2D eigenvalue weighted by molar-refractivity contribution is -0.150. The maximum absolute atomic E-state index is 12.0. The molecule has 1 atom stereocenters. The van der Waals surface area contributed by atoms with Gasteiger partial charge in [0.05, 0.1) is 7.11 Å². The average molecular weight is 316 g/mol. The van der Waals surface area contributed by atoms with Crippen LogP contribution in [0.1, 0.15) is 18.9 Å². The first-order valence-electron chi connectivity index (χ1n) is 7.11. The van der Waals surface area contributed by atoms with Crippen LogP contribution >= 0.6 is 0 Å². The van der Waals surface area contributed by atoms with Crippen molar-refractivity contribution < 1.29 is 23.9 Å². The number of carbonyl (C=O) groups excluding carboxylic acids is 3. The van der Waals surface area contributed by atoms with Crippen molar-refractivity contribution in [2.45, 2.75) is 13.3 Å². The largest absolute Gasteiger partial charge is 0.466 e. The maximum Gasteiger partial charge on any atom is 0.333 e. The highest BCUT2D eigenvalue weighted by atomic mass is 16.5. The Morgan fingerprint density at radius 3 is 2.39 bits per heavy atom. The van der Waals surface area contributed by atoms with Crippen LogP contribution in [0.25, 0.3) is 6.08 Å². The number of hydrogen-bond acceptors (Lipinski definition) is 5. The Balaban J connectivity index is 3.04.